The number of aromatic amines is 1. The highest BCUT2D eigenvalue weighted by Gasteiger charge is 2.36. The molecule has 2 heterocycles. The molecular weight excluding hydrogens is 421 g/mol. The SMILES string of the molecule is N=CC(=C(N)C(F)(F)F)c1nc2ccc3[nH]nc(C(=O)NC4CC4)c3c2c2c1CCCC2. The molecule has 1 fully saturated rings. The van der Waals surface area contributed by atoms with E-state index in [-0.39, 0.29) is 23.3 Å². The van der Waals surface area contributed by atoms with Crippen molar-refractivity contribution in [3.05, 3.63) is 40.3 Å². The Labute approximate surface area is 180 Å². The van der Waals surface area contributed by atoms with Crippen molar-refractivity contribution in [1.29, 1.82) is 5.41 Å². The summed E-state index contributed by atoms with van der Waals surface area (Å²) in [7, 11) is 0. The maximum atomic E-state index is 13.4. The number of pyridine rings is 1. The summed E-state index contributed by atoms with van der Waals surface area (Å²) >= 11 is 0. The van der Waals surface area contributed by atoms with E-state index in [1.54, 1.807) is 12.1 Å². The lowest BCUT2D eigenvalue weighted by Crippen LogP contribution is -2.26. The molecule has 0 saturated heterocycles. The molecule has 0 atom stereocenters. The summed E-state index contributed by atoms with van der Waals surface area (Å²) in [6.07, 6.45) is 0.538. The van der Waals surface area contributed by atoms with Gasteiger partial charge in [0.2, 0.25) is 0 Å². The number of carbonyl (C=O) groups excluding carboxylic acids is 1. The molecule has 0 radical (unpaired) electrons. The fraction of sp³-hybridized carbons (Fsp3) is 0.364. The summed E-state index contributed by atoms with van der Waals surface area (Å²) in [5.74, 6) is -0.277. The average molecular weight is 442 g/mol. The van der Waals surface area contributed by atoms with E-state index in [0.717, 1.165) is 36.6 Å². The molecule has 5 rings (SSSR count). The van der Waals surface area contributed by atoms with Gasteiger partial charge in [-0.3, -0.25) is 9.89 Å². The number of alkyl halides is 3. The van der Waals surface area contributed by atoms with Gasteiger partial charge in [-0.1, -0.05) is 0 Å². The lowest BCUT2D eigenvalue weighted by molar-refractivity contribution is -0.0919. The molecule has 0 unspecified atom stereocenters. The summed E-state index contributed by atoms with van der Waals surface area (Å²) in [5, 5.41) is 19.1. The van der Waals surface area contributed by atoms with Crippen LogP contribution < -0.4 is 11.1 Å². The number of amides is 1. The fourth-order valence-corrected chi connectivity index (χ4v) is 4.43. The molecule has 1 saturated carbocycles. The minimum Gasteiger partial charge on any atom is -0.394 e. The van der Waals surface area contributed by atoms with Crippen LogP contribution in [0, 0.1) is 5.41 Å². The zero-order valence-electron chi connectivity index (χ0n) is 17.1. The van der Waals surface area contributed by atoms with Crippen molar-refractivity contribution in [3.63, 3.8) is 0 Å². The Morgan fingerprint density at radius 3 is 2.53 bits per heavy atom. The number of benzene rings is 1. The first kappa shape index (κ1) is 20.5. The molecule has 1 aromatic carbocycles. The molecule has 0 spiro atoms. The number of halogens is 3. The van der Waals surface area contributed by atoms with E-state index in [0.29, 0.717) is 41.0 Å². The number of allylic oxidation sites excluding steroid dienone is 2. The Kier molecular flexibility index (Phi) is 4.68. The summed E-state index contributed by atoms with van der Waals surface area (Å²) < 4.78 is 40.1. The van der Waals surface area contributed by atoms with Crippen LogP contribution in [-0.4, -0.2) is 39.5 Å². The molecule has 2 aliphatic carbocycles. The van der Waals surface area contributed by atoms with Gasteiger partial charge in [0.25, 0.3) is 5.91 Å². The van der Waals surface area contributed by atoms with E-state index >= 15 is 0 Å². The number of fused-ring (bicyclic) bond motifs is 5. The zero-order chi connectivity index (χ0) is 22.6. The highest BCUT2D eigenvalue weighted by molar-refractivity contribution is 6.18. The first-order valence-electron chi connectivity index (χ1n) is 10.5. The summed E-state index contributed by atoms with van der Waals surface area (Å²) in [4.78, 5) is 17.3. The van der Waals surface area contributed by atoms with Crippen molar-refractivity contribution in [2.75, 3.05) is 0 Å². The third kappa shape index (κ3) is 3.30. The number of hydrogen-bond acceptors (Lipinski definition) is 5. The Morgan fingerprint density at radius 2 is 1.88 bits per heavy atom. The number of nitrogens with zero attached hydrogens (tertiary/aromatic N) is 2. The van der Waals surface area contributed by atoms with Crippen molar-refractivity contribution >= 4 is 39.5 Å². The zero-order valence-corrected chi connectivity index (χ0v) is 17.1. The van der Waals surface area contributed by atoms with Gasteiger partial charge < -0.3 is 16.5 Å². The van der Waals surface area contributed by atoms with E-state index in [1.165, 1.54) is 0 Å². The van der Waals surface area contributed by atoms with Crippen LogP contribution in [0.3, 0.4) is 0 Å². The largest absolute Gasteiger partial charge is 0.431 e. The molecular formula is C22H21F3N6O. The number of H-pyrrole nitrogens is 1. The first-order valence-corrected chi connectivity index (χ1v) is 10.5. The molecule has 166 valence electrons. The number of aryl methyl sites for hydroxylation is 1. The van der Waals surface area contributed by atoms with Crippen LogP contribution in [0.25, 0.3) is 27.4 Å². The monoisotopic (exact) mass is 442 g/mol. The van der Waals surface area contributed by atoms with Crippen LogP contribution in [0.2, 0.25) is 0 Å². The van der Waals surface area contributed by atoms with Gasteiger partial charge in [-0.2, -0.15) is 18.3 Å². The van der Waals surface area contributed by atoms with E-state index in [1.807, 2.05) is 0 Å². The normalized spacial score (nSPS) is 17.2. The topological polar surface area (TPSA) is 121 Å². The van der Waals surface area contributed by atoms with Gasteiger partial charge in [-0.15, -0.1) is 0 Å². The third-order valence-electron chi connectivity index (χ3n) is 6.12. The van der Waals surface area contributed by atoms with E-state index in [2.05, 4.69) is 20.5 Å². The van der Waals surface area contributed by atoms with Crippen molar-refractivity contribution in [2.24, 2.45) is 5.73 Å². The maximum absolute atomic E-state index is 13.4. The van der Waals surface area contributed by atoms with Crippen molar-refractivity contribution in [2.45, 2.75) is 50.7 Å². The number of nitrogens with two attached hydrogens (primary N) is 1. The van der Waals surface area contributed by atoms with E-state index in [4.69, 9.17) is 11.1 Å². The van der Waals surface area contributed by atoms with Crippen LogP contribution in [0.5, 0.6) is 0 Å². The molecule has 10 heteroatoms. The second-order valence-electron chi connectivity index (χ2n) is 8.30. The van der Waals surface area contributed by atoms with Gasteiger partial charge in [0.1, 0.15) is 5.70 Å². The smallest absolute Gasteiger partial charge is 0.394 e. The number of rotatable bonds is 4. The highest BCUT2D eigenvalue weighted by atomic mass is 19.4. The highest BCUT2D eigenvalue weighted by Crippen LogP contribution is 2.39. The second-order valence-corrected chi connectivity index (χ2v) is 8.30. The van der Waals surface area contributed by atoms with Crippen LogP contribution in [0.4, 0.5) is 13.2 Å². The Morgan fingerprint density at radius 1 is 1.16 bits per heavy atom. The summed E-state index contributed by atoms with van der Waals surface area (Å²) in [6, 6.07) is 3.57. The maximum Gasteiger partial charge on any atom is 0.431 e. The summed E-state index contributed by atoms with van der Waals surface area (Å²) in [6.45, 7) is 0. The fourth-order valence-electron chi connectivity index (χ4n) is 4.43. The van der Waals surface area contributed by atoms with Crippen LogP contribution in [-0.2, 0) is 12.8 Å². The van der Waals surface area contributed by atoms with Gasteiger partial charge in [0, 0.05) is 28.6 Å². The summed E-state index contributed by atoms with van der Waals surface area (Å²) in [5.41, 5.74) is 6.59. The molecule has 1 amide bonds. The van der Waals surface area contributed by atoms with Gasteiger partial charge in [0.15, 0.2) is 5.69 Å². The van der Waals surface area contributed by atoms with Crippen molar-refractivity contribution in [1.82, 2.24) is 20.5 Å². The predicted octanol–water partition coefficient (Wildman–Crippen LogP) is 3.76. The number of carbonyl (C=O) groups is 1. The third-order valence-corrected chi connectivity index (χ3v) is 6.12. The average Bonchev–Trinajstić information content (AvgIpc) is 3.47. The van der Waals surface area contributed by atoms with Gasteiger partial charge in [-0.05, 0) is 61.8 Å². The minimum atomic E-state index is -4.77. The standard InChI is InChI=1S/C22H21F3N6O/c23-22(24,25)20(27)13(9-26)18-12-4-2-1-3-11(12)16-14(29-18)7-8-15-17(16)19(31-30-15)21(32)28-10-5-6-10/h7-10,26H,1-6,27H2,(H,28,32)(H,30,31). The van der Waals surface area contributed by atoms with Crippen molar-refractivity contribution < 1.29 is 18.0 Å². The number of aromatic nitrogens is 3. The number of nitrogens with one attached hydrogen (secondary N) is 3. The molecule has 2 aliphatic rings. The predicted molar refractivity (Wildman–Crippen MR) is 114 cm³/mol. The van der Waals surface area contributed by atoms with Gasteiger partial charge >= 0.3 is 6.18 Å². The molecule has 0 bridgehead atoms. The Balaban J connectivity index is 1.81. The van der Waals surface area contributed by atoms with Crippen LogP contribution in [0.1, 0.15) is 53.0 Å². The Bertz CT molecular complexity index is 1300. The minimum absolute atomic E-state index is 0.0869. The quantitative estimate of drug-likeness (QED) is 0.460. The van der Waals surface area contributed by atoms with E-state index < -0.39 is 17.4 Å². The molecule has 7 nitrogen and oxygen atoms in total. The lowest BCUT2D eigenvalue weighted by atomic mass is 9.85. The first-order chi connectivity index (χ1) is 15.3. The second kappa shape index (κ2) is 7.32. The molecule has 32 heavy (non-hydrogen) atoms. The molecule has 5 N–H and O–H groups in total. The van der Waals surface area contributed by atoms with E-state index in [9.17, 15) is 18.0 Å². The van der Waals surface area contributed by atoms with Gasteiger partial charge in [0.05, 0.1) is 16.7 Å². The van der Waals surface area contributed by atoms with Gasteiger partial charge in [-0.25, -0.2) is 4.98 Å². The van der Waals surface area contributed by atoms with Crippen LogP contribution in [0.15, 0.2) is 17.8 Å². The molecule has 0 aliphatic heterocycles. The molecule has 3 aromatic rings. The van der Waals surface area contributed by atoms with Crippen molar-refractivity contribution in [3.8, 4) is 0 Å². The Hall–Kier alpha value is -3.43. The lowest BCUT2D eigenvalue weighted by Gasteiger charge is -2.23. The van der Waals surface area contributed by atoms with Crippen LogP contribution >= 0.6 is 0 Å². The number of hydrogen-bond donors (Lipinski definition) is 4. The molecule has 2 aromatic heterocycles.